The van der Waals surface area contributed by atoms with E-state index in [2.05, 4.69) is 5.32 Å². The second kappa shape index (κ2) is 2.71. The molecule has 60 valence electrons. The lowest BCUT2D eigenvalue weighted by molar-refractivity contribution is -0.533. The Morgan fingerprint density at radius 3 is 2.73 bits per heavy atom. The topological polar surface area (TPSA) is 55.2 Å². The van der Waals surface area contributed by atoms with Crippen LogP contribution in [-0.4, -0.2) is 10.0 Å². The zero-order chi connectivity index (χ0) is 8.48. The van der Waals surface area contributed by atoms with Crippen LogP contribution >= 0.6 is 23.2 Å². The van der Waals surface area contributed by atoms with Gasteiger partial charge >= 0.3 is 5.12 Å². The third kappa shape index (κ3) is 1.64. The van der Waals surface area contributed by atoms with Crippen molar-refractivity contribution >= 4 is 23.2 Å². The molecule has 1 rings (SSSR count). The summed E-state index contributed by atoms with van der Waals surface area (Å²) in [5.41, 5.74) is 0. The number of nitrogens with zero attached hydrogens (tertiary/aromatic N) is 1. The lowest BCUT2D eigenvalue weighted by Gasteiger charge is -2.16. The maximum atomic E-state index is 10.3. The normalized spacial score (nSPS) is 29.1. The molecule has 0 spiro atoms. The maximum absolute atomic E-state index is 10.3. The Kier molecular flexibility index (Phi) is 2.06. The fraction of sp³-hybridized carbons (Fsp3) is 0.200. The van der Waals surface area contributed by atoms with Gasteiger partial charge in [0, 0.05) is 11.2 Å². The average molecular weight is 195 g/mol. The highest BCUT2D eigenvalue weighted by atomic mass is 35.5. The van der Waals surface area contributed by atoms with Crippen LogP contribution in [-0.2, 0) is 0 Å². The second-order valence-electron chi connectivity index (χ2n) is 1.94. The van der Waals surface area contributed by atoms with E-state index < -0.39 is 10.0 Å². The van der Waals surface area contributed by atoms with E-state index in [0.717, 1.165) is 6.08 Å². The molecule has 1 heterocycles. The summed E-state index contributed by atoms with van der Waals surface area (Å²) in [7, 11) is 0. The third-order valence-corrected chi connectivity index (χ3v) is 1.71. The lowest BCUT2D eigenvalue weighted by Crippen LogP contribution is -2.43. The Morgan fingerprint density at radius 2 is 2.36 bits per heavy atom. The first kappa shape index (κ1) is 8.36. The van der Waals surface area contributed by atoms with Crippen LogP contribution in [0.15, 0.2) is 23.4 Å². The molecule has 1 atom stereocenters. The highest BCUT2D eigenvalue weighted by Gasteiger charge is 2.38. The van der Waals surface area contributed by atoms with Gasteiger partial charge in [0.2, 0.25) is 0 Å². The van der Waals surface area contributed by atoms with E-state index in [1.807, 2.05) is 0 Å². The highest BCUT2D eigenvalue weighted by molar-refractivity contribution is 6.32. The lowest BCUT2D eigenvalue weighted by atomic mass is 10.3. The Morgan fingerprint density at radius 1 is 1.73 bits per heavy atom. The molecular weight excluding hydrogens is 191 g/mol. The quantitative estimate of drug-likeness (QED) is 0.297. The van der Waals surface area contributed by atoms with Gasteiger partial charge in [-0.3, -0.25) is 10.1 Å². The standard InChI is InChI=1S/C5H4Cl2N2O2/c6-4-1-2-8-5(7,3-4)9(10)11/h1-3,8H. The average Bonchev–Trinajstić information content (AvgIpc) is 1.86. The van der Waals surface area contributed by atoms with Crippen molar-refractivity contribution in [2.75, 3.05) is 0 Å². The molecule has 1 aliphatic heterocycles. The van der Waals surface area contributed by atoms with Crippen molar-refractivity contribution in [3.63, 3.8) is 0 Å². The van der Waals surface area contributed by atoms with Gasteiger partial charge in [0.25, 0.3) is 0 Å². The molecule has 1 aliphatic rings. The fourth-order valence-corrected chi connectivity index (χ4v) is 1.07. The van der Waals surface area contributed by atoms with Gasteiger partial charge in [-0.25, -0.2) is 0 Å². The van der Waals surface area contributed by atoms with Crippen LogP contribution in [0.3, 0.4) is 0 Å². The van der Waals surface area contributed by atoms with Gasteiger partial charge in [0.15, 0.2) is 0 Å². The van der Waals surface area contributed by atoms with Gasteiger partial charge in [0.05, 0.1) is 11.0 Å². The minimum Gasteiger partial charge on any atom is -0.311 e. The Bertz CT molecular complexity index is 251. The number of rotatable bonds is 1. The Hall–Kier alpha value is -0.740. The van der Waals surface area contributed by atoms with Crippen molar-refractivity contribution < 1.29 is 4.92 Å². The van der Waals surface area contributed by atoms with Gasteiger partial charge in [-0.1, -0.05) is 11.6 Å². The summed E-state index contributed by atoms with van der Waals surface area (Å²) in [6.07, 6.45) is 3.93. The van der Waals surface area contributed by atoms with Crippen molar-refractivity contribution in [2.24, 2.45) is 0 Å². The van der Waals surface area contributed by atoms with Crippen molar-refractivity contribution in [2.45, 2.75) is 5.12 Å². The van der Waals surface area contributed by atoms with Gasteiger partial charge < -0.3 is 5.32 Å². The number of dihydropyridines is 1. The summed E-state index contributed by atoms with van der Waals surface area (Å²) in [6.45, 7) is 0. The molecule has 0 aromatic heterocycles. The van der Waals surface area contributed by atoms with Crippen LogP contribution in [0.2, 0.25) is 0 Å². The molecule has 0 bridgehead atoms. The Labute approximate surface area is 72.6 Å². The molecule has 1 N–H and O–H groups in total. The first-order valence-corrected chi connectivity index (χ1v) is 3.46. The minimum atomic E-state index is -1.79. The largest absolute Gasteiger partial charge is 0.392 e. The van der Waals surface area contributed by atoms with E-state index in [0.29, 0.717) is 0 Å². The van der Waals surface area contributed by atoms with E-state index in [1.165, 1.54) is 12.3 Å². The molecule has 0 aromatic rings. The molecule has 0 amide bonds. The molecule has 11 heavy (non-hydrogen) atoms. The smallest absolute Gasteiger partial charge is 0.311 e. The molecule has 0 aromatic carbocycles. The van der Waals surface area contributed by atoms with E-state index in [9.17, 15) is 10.1 Å². The van der Waals surface area contributed by atoms with Crippen molar-refractivity contribution in [1.29, 1.82) is 0 Å². The number of halogens is 2. The van der Waals surface area contributed by atoms with E-state index in [4.69, 9.17) is 23.2 Å². The van der Waals surface area contributed by atoms with Gasteiger partial charge in [0.1, 0.15) is 0 Å². The second-order valence-corrected chi connectivity index (χ2v) is 2.95. The van der Waals surface area contributed by atoms with Crippen molar-refractivity contribution in [1.82, 2.24) is 5.32 Å². The zero-order valence-electron chi connectivity index (χ0n) is 5.25. The fourth-order valence-electron chi connectivity index (χ4n) is 0.616. The number of nitrogens with one attached hydrogen (secondary N) is 1. The van der Waals surface area contributed by atoms with Gasteiger partial charge in [-0.15, -0.1) is 0 Å². The molecule has 0 aliphatic carbocycles. The monoisotopic (exact) mass is 194 g/mol. The first-order valence-electron chi connectivity index (χ1n) is 2.70. The summed E-state index contributed by atoms with van der Waals surface area (Å²) in [5.74, 6) is 0. The number of hydrogen-bond donors (Lipinski definition) is 1. The molecule has 6 heteroatoms. The molecule has 1 unspecified atom stereocenters. The van der Waals surface area contributed by atoms with Crippen LogP contribution in [0.25, 0.3) is 0 Å². The van der Waals surface area contributed by atoms with Crippen LogP contribution < -0.4 is 5.32 Å². The molecule has 0 saturated carbocycles. The predicted molar refractivity (Wildman–Crippen MR) is 41.8 cm³/mol. The van der Waals surface area contributed by atoms with Crippen molar-refractivity contribution in [3.8, 4) is 0 Å². The minimum absolute atomic E-state index is 0.246. The summed E-state index contributed by atoms with van der Waals surface area (Å²) in [4.78, 5) is 9.63. The number of nitro groups is 1. The van der Waals surface area contributed by atoms with E-state index in [-0.39, 0.29) is 5.03 Å². The number of hydrogen-bond acceptors (Lipinski definition) is 3. The van der Waals surface area contributed by atoms with Gasteiger partial charge in [-0.05, 0) is 17.7 Å². The Balaban J connectivity index is 2.92. The summed E-state index contributed by atoms with van der Waals surface area (Å²) < 4.78 is 0. The summed E-state index contributed by atoms with van der Waals surface area (Å²) in [5, 5.41) is 11.1. The molecule has 0 radical (unpaired) electrons. The van der Waals surface area contributed by atoms with Crippen LogP contribution in [0, 0.1) is 10.1 Å². The maximum Gasteiger partial charge on any atom is 0.392 e. The third-order valence-electron chi connectivity index (χ3n) is 1.12. The zero-order valence-corrected chi connectivity index (χ0v) is 6.76. The van der Waals surface area contributed by atoms with Crippen LogP contribution in [0.5, 0.6) is 0 Å². The predicted octanol–water partition coefficient (Wildman–Crippen LogP) is 1.40. The van der Waals surface area contributed by atoms with Crippen molar-refractivity contribution in [3.05, 3.63) is 33.5 Å². The summed E-state index contributed by atoms with van der Waals surface area (Å²) >= 11 is 11.0. The number of alkyl halides is 1. The highest BCUT2D eigenvalue weighted by Crippen LogP contribution is 2.22. The van der Waals surface area contributed by atoms with Crippen LogP contribution in [0.1, 0.15) is 0 Å². The molecule has 0 fully saturated rings. The van der Waals surface area contributed by atoms with E-state index in [1.54, 1.807) is 0 Å². The summed E-state index contributed by atoms with van der Waals surface area (Å²) in [6, 6.07) is 0. The van der Waals surface area contributed by atoms with E-state index >= 15 is 0 Å². The number of allylic oxidation sites excluding steroid dienone is 2. The molecule has 4 nitrogen and oxygen atoms in total. The molecular formula is C5H4Cl2N2O2. The first-order chi connectivity index (χ1) is 5.04. The van der Waals surface area contributed by atoms with Gasteiger partial charge in [-0.2, -0.15) is 0 Å². The SMILES string of the molecule is O=[N+]([O-])C1(Cl)C=C(Cl)C=CN1. The van der Waals surface area contributed by atoms with Crippen LogP contribution in [0.4, 0.5) is 0 Å². The molecule has 0 saturated heterocycles.